The van der Waals surface area contributed by atoms with Crippen molar-refractivity contribution in [3.63, 3.8) is 0 Å². The molecule has 0 radical (unpaired) electrons. The van der Waals surface area contributed by atoms with Crippen molar-refractivity contribution in [1.82, 2.24) is 14.8 Å². The summed E-state index contributed by atoms with van der Waals surface area (Å²) in [5.41, 5.74) is 6.83. The van der Waals surface area contributed by atoms with Gasteiger partial charge in [-0.3, -0.25) is 4.57 Å². The SMILES string of the molecule is CC(N)Cc1ccc(Sc2n[nH]c(=O)n2C(C)C)cc1Br. The lowest BCUT2D eigenvalue weighted by Gasteiger charge is -2.11. The molecule has 1 unspecified atom stereocenters. The van der Waals surface area contributed by atoms with Gasteiger partial charge < -0.3 is 5.73 Å². The Hall–Kier alpha value is -1.05. The second-order valence-electron chi connectivity index (χ2n) is 5.31. The number of nitrogens with zero attached hydrogens (tertiary/aromatic N) is 2. The topological polar surface area (TPSA) is 76.7 Å². The van der Waals surface area contributed by atoms with Crippen molar-refractivity contribution >= 4 is 27.7 Å². The van der Waals surface area contributed by atoms with E-state index in [4.69, 9.17) is 5.73 Å². The molecule has 0 saturated heterocycles. The Morgan fingerprint density at radius 2 is 2.14 bits per heavy atom. The van der Waals surface area contributed by atoms with E-state index in [0.717, 1.165) is 15.8 Å². The molecule has 1 heterocycles. The third-order valence-electron chi connectivity index (χ3n) is 2.96. The molecule has 2 rings (SSSR count). The number of halogens is 1. The highest BCUT2D eigenvalue weighted by atomic mass is 79.9. The van der Waals surface area contributed by atoms with E-state index in [1.807, 2.05) is 32.9 Å². The van der Waals surface area contributed by atoms with E-state index in [9.17, 15) is 4.79 Å². The first-order chi connectivity index (χ1) is 9.88. The first kappa shape index (κ1) is 16.3. The zero-order valence-electron chi connectivity index (χ0n) is 12.3. The van der Waals surface area contributed by atoms with E-state index in [1.165, 1.54) is 17.3 Å². The van der Waals surface area contributed by atoms with Crippen LogP contribution in [0.15, 0.2) is 37.5 Å². The first-order valence-electron chi connectivity index (χ1n) is 6.77. The van der Waals surface area contributed by atoms with E-state index >= 15 is 0 Å². The molecule has 7 heteroatoms. The third-order valence-corrected chi connectivity index (χ3v) is 4.66. The molecule has 0 aliphatic carbocycles. The van der Waals surface area contributed by atoms with Crippen LogP contribution in [0.2, 0.25) is 0 Å². The Morgan fingerprint density at radius 1 is 1.43 bits per heavy atom. The van der Waals surface area contributed by atoms with Crippen LogP contribution in [0.25, 0.3) is 0 Å². The summed E-state index contributed by atoms with van der Waals surface area (Å²) in [7, 11) is 0. The van der Waals surface area contributed by atoms with Crippen LogP contribution in [-0.2, 0) is 6.42 Å². The van der Waals surface area contributed by atoms with Crippen LogP contribution >= 0.6 is 27.7 Å². The molecule has 0 bridgehead atoms. The quantitative estimate of drug-likeness (QED) is 0.847. The van der Waals surface area contributed by atoms with Gasteiger partial charge in [-0.05, 0) is 56.7 Å². The molecule has 0 fully saturated rings. The summed E-state index contributed by atoms with van der Waals surface area (Å²) in [5.74, 6) is 0. The molecule has 1 aromatic carbocycles. The standard InChI is InChI=1S/C14H19BrN4OS/c1-8(2)19-13(20)17-18-14(19)21-11-5-4-10(6-9(3)16)12(15)7-11/h4-5,7-9H,6,16H2,1-3H3,(H,17,20). The van der Waals surface area contributed by atoms with Crippen LogP contribution in [0.5, 0.6) is 0 Å². The molecule has 0 aliphatic heterocycles. The lowest BCUT2D eigenvalue weighted by molar-refractivity contribution is 0.534. The summed E-state index contributed by atoms with van der Waals surface area (Å²) < 4.78 is 2.67. The molecule has 1 atom stereocenters. The molecule has 3 N–H and O–H groups in total. The summed E-state index contributed by atoms with van der Waals surface area (Å²) in [6, 6.07) is 6.31. The van der Waals surface area contributed by atoms with Crippen LogP contribution in [0.3, 0.4) is 0 Å². The van der Waals surface area contributed by atoms with Crippen molar-refractivity contribution in [3.05, 3.63) is 38.7 Å². The van der Waals surface area contributed by atoms with Gasteiger partial charge in [-0.15, -0.1) is 5.10 Å². The number of nitrogens with two attached hydrogens (primary N) is 1. The fourth-order valence-corrected chi connectivity index (χ4v) is 3.73. The normalized spacial score (nSPS) is 12.9. The van der Waals surface area contributed by atoms with E-state index < -0.39 is 0 Å². The molecule has 0 aliphatic rings. The second-order valence-corrected chi connectivity index (χ2v) is 7.21. The fraction of sp³-hybridized carbons (Fsp3) is 0.429. The van der Waals surface area contributed by atoms with Crippen LogP contribution in [0.4, 0.5) is 0 Å². The number of benzene rings is 1. The monoisotopic (exact) mass is 370 g/mol. The van der Waals surface area contributed by atoms with Gasteiger partial charge >= 0.3 is 5.69 Å². The van der Waals surface area contributed by atoms with Gasteiger partial charge in [0.15, 0.2) is 5.16 Å². The van der Waals surface area contributed by atoms with Crippen molar-refractivity contribution in [3.8, 4) is 0 Å². The maximum Gasteiger partial charge on any atom is 0.344 e. The summed E-state index contributed by atoms with van der Waals surface area (Å²) >= 11 is 5.04. The van der Waals surface area contributed by atoms with Gasteiger partial charge in [0.2, 0.25) is 0 Å². The van der Waals surface area contributed by atoms with Crippen molar-refractivity contribution in [1.29, 1.82) is 0 Å². The van der Waals surface area contributed by atoms with Crippen LogP contribution < -0.4 is 11.4 Å². The average molecular weight is 371 g/mol. The zero-order valence-corrected chi connectivity index (χ0v) is 14.7. The highest BCUT2D eigenvalue weighted by Crippen LogP contribution is 2.30. The van der Waals surface area contributed by atoms with E-state index in [2.05, 4.69) is 32.2 Å². The van der Waals surface area contributed by atoms with Gasteiger partial charge in [0.05, 0.1) is 0 Å². The minimum atomic E-state index is -0.180. The number of hydrogen-bond acceptors (Lipinski definition) is 4. The van der Waals surface area contributed by atoms with E-state index in [0.29, 0.717) is 5.16 Å². The number of nitrogens with one attached hydrogen (secondary N) is 1. The third kappa shape index (κ3) is 3.99. The summed E-state index contributed by atoms with van der Waals surface area (Å²) in [5, 5.41) is 7.25. The van der Waals surface area contributed by atoms with Gasteiger partial charge in [0.25, 0.3) is 0 Å². The zero-order chi connectivity index (χ0) is 15.6. The molecule has 1 aromatic heterocycles. The molecule has 0 spiro atoms. The molecular weight excluding hydrogens is 352 g/mol. The van der Waals surface area contributed by atoms with Crippen molar-refractivity contribution in [2.24, 2.45) is 5.73 Å². The number of aromatic nitrogens is 3. The van der Waals surface area contributed by atoms with Crippen LogP contribution in [0.1, 0.15) is 32.4 Å². The molecule has 0 amide bonds. The predicted octanol–water partition coefficient (Wildman–Crippen LogP) is 2.96. The lowest BCUT2D eigenvalue weighted by atomic mass is 10.1. The van der Waals surface area contributed by atoms with Crippen LogP contribution in [-0.4, -0.2) is 20.8 Å². The summed E-state index contributed by atoms with van der Waals surface area (Å²) in [6.45, 7) is 5.91. The summed E-state index contributed by atoms with van der Waals surface area (Å²) in [6.07, 6.45) is 0.824. The Bertz CT molecular complexity index is 678. The minimum absolute atomic E-state index is 0.0690. The Kier molecular flexibility index (Phi) is 5.29. The van der Waals surface area contributed by atoms with Crippen molar-refractivity contribution < 1.29 is 0 Å². The average Bonchev–Trinajstić information content (AvgIpc) is 2.73. The Morgan fingerprint density at radius 3 is 2.71 bits per heavy atom. The largest absolute Gasteiger partial charge is 0.344 e. The Labute approximate surface area is 136 Å². The Balaban J connectivity index is 2.25. The summed E-state index contributed by atoms with van der Waals surface area (Å²) in [4.78, 5) is 12.7. The van der Waals surface area contributed by atoms with Crippen LogP contribution in [0, 0.1) is 0 Å². The van der Waals surface area contributed by atoms with Gasteiger partial charge in [0.1, 0.15) is 0 Å². The number of aromatic amines is 1. The van der Waals surface area contributed by atoms with Gasteiger partial charge in [-0.25, -0.2) is 9.89 Å². The lowest BCUT2D eigenvalue weighted by Crippen LogP contribution is -2.19. The molecule has 21 heavy (non-hydrogen) atoms. The molecule has 5 nitrogen and oxygen atoms in total. The smallest absolute Gasteiger partial charge is 0.328 e. The van der Waals surface area contributed by atoms with Gasteiger partial charge in [-0.1, -0.05) is 22.0 Å². The molecular formula is C14H19BrN4OS. The maximum absolute atomic E-state index is 11.7. The van der Waals surface area contributed by atoms with Crippen molar-refractivity contribution in [2.75, 3.05) is 0 Å². The number of hydrogen-bond donors (Lipinski definition) is 2. The van der Waals surface area contributed by atoms with E-state index in [-0.39, 0.29) is 17.8 Å². The van der Waals surface area contributed by atoms with Gasteiger partial charge in [-0.2, -0.15) is 0 Å². The molecule has 114 valence electrons. The van der Waals surface area contributed by atoms with Crippen molar-refractivity contribution in [2.45, 2.75) is 49.3 Å². The maximum atomic E-state index is 11.7. The highest BCUT2D eigenvalue weighted by Gasteiger charge is 2.13. The highest BCUT2D eigenvalue weighted by molar-refractivity contribution is 9.10. The first-order valence-corrected chi connectivity index (χ1v) is 8.38. The number of rotatable bonds is 5. The minimum Gasteiger partial charge on any atom is -0.328 e. The molecule has 2 aromatic rings. The predicted molar refractivity (Wildman–Crippen MR) is 88.9 cm³/mol. The van der Waals surface area contributed by atoms with Gasteiger partial charge in [0, 0.05) is 21.5 Å². The number of H-pyrrole nitrogens is 1. The fourth-order valence-electron chi connectivity index (χ4n) is 2.03. The molecule has 0 saturated carbocycles. The second kappa shape index (κ2) is 6.81. The van der Waals surface area contributed by atoms with E-state index in [1.54, 1.807) is 4.57 Å².